The predicted molar refractivity (Wildman–Crippen MR) is 149 cm³/mol. The first kappa shape index (κ1) is 27.9. The topological polar surface area (TPSA) is 147 Å². The Morgan fingerprint density at radius 3 is 2.38 bits per heavy atom. The lowest BCUT2D eigenvalue weighted by Crippen LogP contribution is -2.54. The van der Waals surface area contributed by atoms with Crippen LogP contribution in [0.3, 0.4) is 0 Å². The number of rotatable bonds is 12. The van der Waals surface area contributed by atoms with Crippen LogP contribution in [-0.4, -0.2) is 48.9 Å². The van der Waals surface area contributed by atoms with Crippen LogP contribution in [-0.2, 0) is 26.3 Å². The van der Waals surface area contributed by atoms with Crippen molar-refractivity contribution in [2.75, 3.05) is 5.75 Å². The predicted octanol–water partition coefficient (Wildman–Crippen LogP) is 4.38. The molecular formula is C28H25N3O6S2. The van der Waals surface area contributed by atoms with Gasteiger partial charge in [0.05, 0.1) is 16.1 Å². The fourth-order valence-corrected chi connectivity index (χ4v) is 6.05. The molecule has 0 spiro atoms. The zero-order chi connectivity index (χ0) is 27.8. The van der Waals surface area contributed by atoms with E-state index >= 15 is 0 Å². The van der Waals surface area contributed by atoms with Crippen LogP contribution in [0.2, 0.25) is 0 Å². The van der Waals surface area contributed by atoms with Crippen molar-refractivity contribution in [1.29, 1.82) is 0 Å². The highest BCUT2D eigenvalue weighted by Gasteiger charge is 2.46. The molecule has 0 aliphatic rings. The Kier molecular flexibility index (Phi) is 9.05. The number of fused-ring (bicyclic) bond motifs is 1. The van der Waals surface area contributed by atoms with E-state index in [1.54, 1.807) is 42.6 Å². The number of thiazole rings is 1. The highest BCUT2D eigenvalue weighted by molar-refractivity contribution is 8.14. The van der Waals surface area contributed by atoms with Gasteiger partial charge in [0.1, 0.15) is 5.01 Å². The fraction of sp³-hybridized carbons (Fsp3) is 0.214. The Hall–Kier alpha value is -4.09. The molecule has 0 aliphatic carbocycles. The second-order valence-corrected chi connectivity index (χ2v) is 10.8. The summed E-state index contributed by atoms with van der Waals surface area (Å²) in [6.07, 6.45) is 2.34. The summed E-state index contributed by atoms with van der Waals surface area (Å²) in [7, 11) is 0. The second kappa shape index (κ2) is 12.6. The summed E-state index contributed by atoms with van der Waals surface area (Å²) in [5, 5.41) is 22.2. The van der Waals surface area contributed by atoms with E-state index in [0.29, 0.717) is 15.8 Å². The molecule has 0 radical (unpaired) electrons. The van der Waals surface area contributed by atoms with Gasteiger partial charge < -0.3 is 15.5 Å². The van der Waals surface area contributed by atoms with Gasteiger partial charge in [-0.1, -0.05) is 54.2 Å². The maximum Gasteiger partial charge on any atom is 0.336 e. The minimum Gasteiger partial charge on any atom is -0.481 e. The zero-order valence-electron chi connectivity index (χ0n) is 20.6. The van der Waals surface area contributed by atoms with Gasteiger partial charge in [-0.05, 0) is 42.7 Å². The van der Waals surface area contributed by atoms with E-state index < -0.39 is 42.1 Å². The third-order valence-corrected chi connectivity index (χ3v) is 8.35. The van der Waals surface area contributed by atoms with E-state index in [4.69, 9.17) is 0 Å². The van der Waals surface area contributed by atoms with Gasteiger partial charge in [-0.2, -0.15) is 0 Å². The van der Waals surface area contributed by atoms with Crippen LogP contribution >= 0.6 is 23.1 Å². The lowest BCUT2D eigenvalue weighted by Gasteiger charge is -2.30. The average molecular weight is 564 g/mol. The Morgan fingerprint density at radius 1 is 0.974 bits per heavy atom. The molecule has 2 aromatic heterocycles. The van der Waals surface area contributed by atoms with E-state index in [2.05, 4.69) is 15.3 Å². The van der Waals surface area contributed by atoms with Crippen LogP contribution in [0.4, 0.5) is 0 Å². The standard InChI is InChI=1S/C28H25N3O6S2/c32-23(33)12-13-28(27(36)37,26-30-21-10-4-5-11-22(21)39-26)31-24(34)20(15-18-7-2-1-3-8-18)17-38-25(35)19-9-6-14-29-16-19/h1-11,14,16,20H,12-13,15,17H2,(H,31,34)(H,32,33)(H,36,37)/t20?,28-/m1/s1. The van der Waals surface area contributed by atoms with E-state index in [-0.39, 0.29) is 22.3 Å². The molecule has 3 N–H and O–H groups in total. The smallest absolute Gasteiger partial charge is 0.336 e. The highest BCUT2D eigenvalue weighted by Crippen LogP contribution is 2.35. The summed E-state index contributed by atoms with van der Waals surface area (Å²) in [5.74, 6) is -3.94. The molecule has 2 heterocycles. The van der Waals surface area contributed by atoms with Crippen LogP contribution in [0.15, 0.2) is 79.1 Å². The van der Waals surface area contributed by atoms with Crippen LogP contribution in [0.1, 0.15) is 33.8 Å². The largest absolute Gasteiger partial charge is 0.481 e. The first-order chi connectivity index (χ1) is 18.8. The van der Waals surface area contributed by atoms with Crippen molar-refractivity contribution >= 4 is 56.3 Å². The lowest BCUT2D eigenvalue weighted by molar-refractivity contribution is -0.150. The maximum atomic E-state index is 13.8. The number of pyridine rings is 1. The second-order valence-electron chi connectivity index (χ2n) is 8.81. The van der Waals surface area contributed by atoms with Gasteiger partial charge >= 0.3 is 11.9 Å². The molecule has 0 saturated heterocycles. The van der Waals surface area contributed by atoms with E-state index in [1.807, 2.05) is 30.3 Å². The number of carbonyl (C=O) groups is 4. The third-order valence-electron chi connectivity index (χ3n) is 6.08. The van der Waals surface area contributed by atoms with Gasteiger partial charge in [0.2, 0.25) is 11.0 Å². The monoisotopic (exact) mass is 563 g/mol. The molecule has 4 aromatic rings. The number of amides is 1. The number of hydrogen-bond donors (Lipinski definition) is 3. The van der Waals surface area contributed by atoms with Gasteiger partial charge in [-0.25, -0.2) is 9.78 Å². The Morgan fingerprint density at radius 2 is 1.72 bits per heavy atom. The van der Waals surface area contributed by atoms with Crippen molar-refractivity contribution in [2.24, 2.45) is 5.92 Å². The number of nitrogens with zero attached hydrogens (tertiary/aromatic N) is 2. The highest BCUT2D eigenvalue weighted by atomic mass is 32.2. The lowest BCUT2D eigenvalue weighted by atomic mass is 9.91. The first-order valence-corrected chi connectivity index (χ1v) is 13.8. The number of carboxylic acid groups (broad SMARTS) is 2. The number of hydrogen-bond acceptors (Lipinski definition) is 8. The molecule has 1 amide bonds. The Balaban J connectivity index is 1.66. The fourth-order valence-electron chi connectivity index (χ4n) is 4.01. The number of carboxylic acids is 2. The zero-order valence-corrected chi connectivity index (χ0v) is 22.3. The average Bonchev–Trinajstić information content (AvgIpc) is 3.38. The molecule has 9 nitrogen and oxygen atoms in total. The number of nitrogens with one attached hydrogen (secondary N) is 1. The number of thioether (sulfide) groups is 1. The Bertz CT molecular complexity index is 1450. The van der Waals surface area contributed by atoms with Crippen LogP contribution in [0, 0.1) is 5.92 Å². The number of carbonyl (C=O) groups excluding carboxylic acids is 2. The quantitative estimate of drug-likeness (QED) is 0.228. The molecule has 200 valence electrons. The molecule has 4 rings (SSSR count). The normalized spacial score (nSPS) is 13.3. The van der Waals surface area contributed by atoms with Crippen LogP contribution < -0.4 is 5.32 Å². The summed E-state index contributed by atoms with van der Waals surface area (Å²) < 4.78 is 0.709. The van der Waals surface area contributed by atoms with Crippen molar-refractivity contribution in [1.82, 2.24) is 15.3 Å². The van der Waals surface area contributed by atoms with Gasteiger partial charge in [0, 0.05) is 30.1 Å². The molecule has 0 fully saturated rings. The molecule has 11 heteroatoms. The summed E-state index contributed by atoms with van der Waals surface area (Å²) >= 11 is 2.03. The summed E-state index contributed by atoms with van der Waals surface area (Å²) in [6, 6.07) is 19.5. The van der Waals surface area contributed by atoms with Crippen molar-refractivity contribution in [3.8, 4) is 0 Å². The number of benzene rings is 2. The first-order valence-electron chi connectivity index (χ1n) is 12.0. The number of para-hydroxylation sites is 1. The van der Waals surface area contributed by atoms with Crippen LogP contribution in [0.5, 0.6) is 0 Å². The molecule has 2 aromatic carbocycles. The van der Waals surface area contributed by atoms with E-state index in [9.17, 15) is 29.4 Å². The molecule has 1 unspecified atom stereocenters. The summed E-state index contributed by atoms with van der Waals surface area (Å²) in [6.45, 7) is 0. The van der Waals surface area contributed by atoms with Crippen LogP contribution in [0.25, 0.3) is 10.2 Å². The van der Waals surface area contributed by atoms with Crippen molar-refractivity contribution in [3.63, 3.8) is 0 Å². The SMILES string of the molecule is O=C(O)CC[C@](NC(=O)C(CSC(=O)c1cccnc1)Cc1ccccc1)(C(=O)O)c1nc2ccccc2s1. The minimum atomic E-state index is -2.06. The van der Waals surface area contributed by atoms with Gasteiger partial charge in [-0.3, -0.25) is 19.4 Å². The van der Waals surface area contributed by atoms with Gasteiger partial charge in [0.25, 0.3) is 0 Å². The molecule has 39 heavy (non-hydrogen) atoms. The van der Waals surface area contributed by atoms with Gasteiger partial charge in [-0.15, -0.1) is 11.3 Å². The van der Waals surface area contributed by atoms with Crippen molar-refractivity contribution < 1.29 is 29.4 Å². The molecule has 0 aliphatic heterocycles. The Labute approximate surface area is 232 Å². The summed E-state index contributed by atoms with van der Waals surface area (Å²) in [4.78, 5) is 59.2. The van der Waals surface area contributed by atoms with E-state index in [1.165, 1.54) is 6.20 Å². The minimum absolute atomic E-state index is 0.0724. The van der Waals surface area contributed by atoms with Crippen molar-refractivity contribution in [2.45, 2.75) is 24.8 Å². The van der Waals surface area contributed by atoms with Crippen molar-refractivity contribution in [3.05, 3.63) is 95.3 Å². The van der Waals surface area contributed by atoms with Gasteiger partial charge in [0.15, 0.2) is 5.54 Å². The number of aromatic nitrogens is 2. The molecule has 0 saturated carbocycles. The third kappa shape index (κ3) is 6.87. The maximum absolute atomic E-state index is 13.8. The van der Waals surface area contributed by atoms with E-state index in [0.717, 1.165) is 28.7 Å². The number of aliphatic carboxylic acids is 2. The summed E-state index contributed by atoms with van der Waals surface area (Å²) in [5.41, 5.74) is -0.298. The molecule has 2 atom stereocenters. The molecular weight excluding hydrogens is 538 g/mol. The molecule has 0 bridgehead atoms.